The number of aryl methyl sites for hydroxylation is 1. The van der Waals surface area contributed by atoms with Crippen LogP contribution in [0.1, 0.15) is 17.7 Å². The molecule has 0 unspecified atom stereocenters. The maximum atomic E-state index is 13.1. The predicted molar refractivity (Wildman–Crippen MR) is 135 cm³/mol. The summed E-state index contributed by atoms with van der Waals surface area (Å²) in [4.78, 5) is 28.4. The SMILES string of the molecule is C=CCn1cc(C2=C(c3nn(CCCN(C)C)c4ccccc34)C(=O)NC2=O)c2ccccc21. The van der Waals surface area contributed by atoms with Crippen molar-refractivity contribution in [2.75, 3.05) is 20.6 Å². The maximum Gasteiger partial charge on any atom is 0.261 e. The van der Waals surface area contributed by atoms with Gasteiger partial charge in [0.15, 0.2) is 0 Å². The summed E-state index contributed by atoms with van der Waals surface area (Å²) in [5.74, 6) is -0.808. The van der Waals surface area contributed by atoms with Gasteiger partial charge >= 0.3 is 0 Å². The Morgan fingerprint density at radius 1 is 0.971 bits per heavy atom. The number of nitrogens with one attached hydrogen (secondary N) is 1. The quantitative estimate of drug-likeness (QED) is 0.326. The van der Waals surface area contributed by atoms with E-state index in [1.54, 1.807) is 0 Å². The van der Waals surface area contributed by atoms with Gasteiger partial charge in [0.1, 0.15) is 5.69 Å². The molecule has 172 valence electrons. The maximum absolute atomic E-state index is 13.1. The lowest BCUT2D eigenvalue weighted by atomic mass is 9.97. The summed E-state index contributed by atoms with van der Waals surface area (Å²) in [6.45, 7) is 6.10. The minimum Gasteiger partial charge on any atom is -0.343 e. The fraction of sp³-hybridized carbons (Fsp3) is 0.222. The van der Waals surface area contributed by atoms with Gasteiger partial charge in [-0.05, 0) is 39.2 Å². The second kappa shape index (κ2) is 8.76. The highest BCUT2D eigenvalue weighted by Gasteiger charge is 2.36. The van der Waals surface area contributed by atoms with Gasteiger partial charge in [-0.3, -0.25) is 19.6 Å². The molecule has 4 aromatic rings. The highest BCUT2D eigenvalue weighted by Crippen LogP contribution is 2.37. The average molecular weight is 454 g/mol. The van der Waals surface area contributed by atoms with Crippen molar-refractivity contribution in [1.29, 1.82) is 0 Å². The van der Waals surface area contributed by atoms with Crippen LogP contribution in [-0.4, -0.2) is 51.7 Å². The molecule has 0 aliphatic carbocycles. The molecule has 7 nitrogen and oxygen atoms in total. The number of carbonyl (C=O) groups is 2. The molecule has 1 N–H and O–H groups in total. The molecule has 0 saturated heterocycles. The standard InChI is InChI=1S/C27H27N5O2/c1-4-14-31-17-20(18-10-5-7-12-21(18)31)23-24(27(34)28-26(23)33)25-19-11-6-8-13-22(19)32(29-25)16-9-15-30(2)3/h4-8,10-13,17H,1,9,14-16H2,2-3H3,(H,28,33,34). The van der Waals surface area contributed by atoms with E-state index in [2.05, 4.69) is 16.8 Å². The molecule has 2 amide bonds. The number of hydrogen-bond donors (Lipinski definition) is 1. The van der Waals surface area contributed by atoms with E-state index in [9.17, 15) is 9.59 Å². The molecule has 2 aromatic carbocycles. The van der Waals surface area contributed by atoms with Gasteiger partial charge < -0.3 is 9.47 Å². The molecule has 34 heavy (non-hydrogen) atoms. The number of allylic oxidation sites excluding steroid dienone is 1. The van der Waals surface area contributed by atoms with Crippen LogP contribution < -0.4 is 5.32 Å². The van der Waals surface area contributed by atoms with Crippen molar-refractivity contribution in [2.45, 2.75) is 19.5 Å². The van der Waals surface area contributed by atoms with E-state index >= 15 is 0 Å². The number of benzene rings is 2. The number of carbonyl (C=O) groups excluding carboxylic acids is 2. The number of fused-ring (bicyclic) bond motifs is 2. The summed E-state index contributed by atoms with van der Waals surface area (Å²) in [5.41, 5.74) is 3.89. The van der Waals surface area contributed by atoms with Crippen molar-refractivity contribution in [3.05, 3.63) is 78.6 Å². The Kier molecular flexibility index (Phi) is 5.63. The van der Waals surface area contributed by atoms with Crippen LogP contribution in [0.2, 0.25) is 0 Å². The normalized spacial score (nSPS) is 14.1. The van der Waals surface area contributed by atoms with Crippen LogP contribution in [0.15, 0.2) is 67.4 Å². The molecule has 0 spiro atoms. The number of para-hydroxylation sites is 2. The molecule has 7 heteroatoms. The Hall–Kier alpha value is -3.97. The highest BCUT2D eigenvalue weighted by atomic mass is 16.2. The molecule has 1 aliphatic heterocycles. The van der Waals surface area contributed by atoms with Gasteiger partial charge in [0.2, 0.25) is 0 Å². The van der Waals surface area contributed by atoms with Gasteiger partial charge in [0.05, 0.1) is 16.7 Å². The second-order valence-electron chi connectivity index (χ2n) is 8.78. The molecule has 5 rings (SSSR count). The first-order chi connectivity index (χ1) is 16.5. The molecule has 0 atom stereocenters. The van der Waals surface area contributed by atoms with Crippen molar-refractivity contribution >= 4 is 44.8 Å². The number of hydrogen-bond acceptors (Lipinski definition) is 4. The number of imide groups is 1. The predicted octanol–water partition coefficient (Wildman–Crippen LogP) is 3.70. The van der Waals surface area contributed by atoms with E-state index in [0.717, 1.165) is 46.9 Å². The lowest BCUT2D eigenvalue weighted by molar-refractivity contribution is -0.122. The van der Waals surface area contributed by atoms with Gasteiger partial charge in [-0.1, -0.05) is 42.5 Å². The van der Waals surface area contributed by atoms with E-state index in [-0.39, 0.29) is 0 Å². The zero-order valence-corrected chi connectivity index (χ0v) is 19.4. The fourth-order valence-electron chi connectivity index (χ4n) is 4.69. The Bertz CT molecular complexity index is 1470. The van der Waals surface area contributed by atoms with E-state index in [4.69, 9.17) is 5.10 Å². The van der Waals surface area contributed by atoms with Crippen molar-refractivity contribution in [3.8, 4) is 0 Å². The van der Waals surface area contributed by atoms with Gasteiger partial charge in [-0.15, -0.1) is 6.58 Å². The van der Waals surface area contributed by atoms with Crippen LogP contribution in [0.4, 0.5) is 0 Å². The number of nitrogens with zero attached hydrogens (tertiary/aromatic N) is 4. The lowest BCUT2D eigenvalue weighted by Gasteiger charge is -2.09. The van der Waals surface area contributed by atoms with Gasteiger partial charge in [-0.2, -0.15) is 5.10 Å². The molecule has 3 heterocycles. The molecule has 2 aromatic heterocycles. The Labute approximate surface area is 198 Å². The third-order valence-corrected chi connectivity index (χ3v) is 6.18. The average Bonchev–Trinajstić information content (AvgIpc) is 3.45. The van der Waals surface area contributed by atoms with Gasteiger partial charge in [0.25, 0.3) is 11.8 Å². The van der Waals surface area contributed by atoms with E-state index in [1.807, 2.05) is 84.1 Å². The van der Waals surface area contributed by atoms with Crippen LogP contribution in [0, 0.1) is 0 Å². The minimum absolute atomic E-state index is 0.328. The number of amides is 2. The zero-order chi connectivity index (χ0) is 23.8. The molecular formula is C27H27N5O2. The lowest BCUT2D eigenvalue weighted by Crippen LogP contribution is -2.22. The minimum atomic E-state index is -0.413. The summed E-state index contributed by atoms with van der Waals surface area (Å²) in [7, 11) is 4.09. The third kappa shape index (κ3) is 3.64. The highest BCUT2D eigenvalue weighted by molar-refractivity contribution is 6.50. The summed E-state index contributed by atoms with van der Waals surface area (Å²) >= 11 is 0. The first-order valence-corrected chi connectivity index (χ1v) is 11.4. The third-order valence-electron chi connectivity index (χ3n) is 6.18. The van der Waals surface area contributed by atoms with Crippen LogP contribution >= 0.6 is 0 Å². The van der Waals surface area contributed by atoms with Crippen LogP contribution in [0.3, 0.4) is 0 Å². The topological polar surface area (TPSA) is 72.2 Å². The van der Waals surface area contributed by atoms with Crippen LogP contribution in [-0.2, 0) is 22.7 Å². The van der Waals surface area contributed by atoms with E-state index < -0.39 is 11.8 Å². The van der Waals surface area contributed by atoms with Crippen molar-refractivity contribution in [1.82, 2.24) is 24.6 Å². The van der Waals surface area contributed by atoms with Crippen molar-refractivity contribution in [3.63, 3.8) is 0 Å². The smallest absolute Gasteiger partial charge is 0.261 e. The van der Waals surface area contributed by atoms with Crippen LogP contribution in [0.5, 0.6) is 0 Å². The van der Waals surface area contributed by atoms with Crippen LogP contribution in [0.25, 0.3) is 33.0 Å². The van der Waals surface area contributed by atoms with Crippen molar-refractivity contribution in [2.24, 2.45) is 0 Å². The molecular weight excluding hydrogens is 426 g/mol. The number of rotatable bonds is 8. The van der Waals surface area contributed by atoms with Gasteiger partial charge in [0, 0.05) is 41.1 Å². The molecule has 0 fully saturated rings. The zero-order valence-electron chi connectivity index (χ0n) is 19.4. The second-order valence-corrected chi connectivity index (χ2v) is 8.78. The van der Waals surface area contributed by atoms with Crippen molar-refractivity contribution < 1.29 is 9.59 Å². The molecule has 0 bridgehead atoms. The fourth-order valence-corrected chi connectivity index (χ4v) is 4.69. The van der Waals surface area contributed by atoms with E-state index in [0.29, 0.717) is 23.4 Å². The monoisotopic (exact) mass is 453 g/mol. The Morgan fingerprint density at radius 3 is 2.38 bits per heavy atom. The van der Waals surface area contributed by atoms with Gasteiger partial charge in [-0.25, -0.2) is 0 Å². The number of aromatic nitrogens is 3. The first kappa shape index (κ1) is 21.9. The Balaban J connectivity index is 1.72. The summed E-state index contributed by atoms with van der Waals surface area (Å²) in [6.07, 6.45) is 4.66. The van der Waals surface area contributed by atoms with E-state index in [1.165, 1.54) is 0 Å². The molecule has 0 saturated carbocycles. The Morgan fingerprint density at radius 2 is 1.65 bits per heavy atom. The molecule has 0 radical (unpaired) electrons. The largest absolute Gasteiger partial charge is 0.343 e. The summed E-state index contributed by atoms with van der Waals surface area (Å²) in [6, 6.07) is 15.7. The summed E-state index contributed by atoms with van der Waals surface area (Å²) in [5, 5.41) is 9.14. The molecule has 1 aliphatic rings. The summed E-state index contributed by atoms with van der Waals surface area (Å²) < 4.78 is 3.98. The first-order valence-electron chi connectivity index (χ1n) is 11.4.